The van der Waals surface area contributed by atoms with Crippen molar-refractivity contribution in [2.45, 2.75) is 18.9 Å². The fraction of sp³-hybridized carbons (Fsp3) is 0.417. The summed E-state index contributed by atoms with van der Waals surface area (Å²) in [5.74, 6) is 0.662. The number of carbonyl (C=O) groups is 1. The Hall–Kier alpha value is -3.26. The molecule has 2 aliphatic rings. The van der Waals surface area contributed by atoms with E-state index < -0.39 is 5.97 Å². The average Bonchev–Trinajstić information content (AvgIpc) is 3.36. The summed E-state index contributed by atoms with van der Waals surface area (Å²) in [4.78, 5) is 20.8. The molecule has 2 fully saturated rings. The molecule has 0 spiro atoms. The zero-order valence-corrected chi connectivity index (χ0v) is 18.4. The summed E-state index contributed by atoms with van der Waals surface area (Å²) >= 11 is 0. The van der Waals surface area contributed by atoms with E-state index >= 15 is 0 Å². The van der Waals surface area contributed by atoms with Crippen molar-refractivity contribution in [3.8, 4) is 5.75 Å². The first kappa shape index (κ1) is 22.0. The van der Waals surface area contributed by atoms with Gasteiger partial charge in [-0.2, -0.15) is 0 Å². The first-order valence-electron chi connectivity index (χ1n) is 11.0. The van der Waals surface area contributed by atoms with Crippen LogP contribution in [0.1, 0.15) is 23.2 Å². The van der Waals surface area contributed by atoms with Crippen LogP contribution in [-0.2, 0) is 4.74 Å². The van der Waals surface area contributed by atoms with Crippen LogP contribution in [0.5, 0.6) is 5.75 Å². The van der Waals surface area contributed by atoms with Gasteiger partial charge in [0.25, 0.3) is 0 Å². The predicted octanol–water partition coefficient (Wildman–Crippen LogP) is 3.16. The number of anilines is 2. The lowest BCUT2D eigenvalue weighted by atomic mass is 10.2. The van der Waals surface area contributed by atoms with E-state index in [1.807, 2.05) is 18.2 Å². The van der Waals surface area contributed by atoms with E-state index in [9.17, 15) is 9.90 Å². The number of ether oxygens (including phenoxy) is 2. The molecule has 32 heavy (non-hydrogen) atoms. The molecule has 4 rings (SSSR count). The fourth-order valence-corrected chi connectivity index (χ4v) is 4.04. The number of piperazine rings is 1. The molecule has 170 valence electrons. The summed E-state index contributed by atoms with van der Waals surface area (Å²) in [6.45, 7) is 4.69. The van der Waals surface area contributed by atoms with Crippen molar-refractivity contribution in [2.75, 3.05) is 56.7 Å². The lowest BCUT2D eigenvalue weighted by Gasteiger charge is -2.38. The molecule has 2 saturated heterocycles. The summed E-state index contributed by atoms with van der Waals surface area (Å²) in [7, 11) is 1.68. The second kappa shape index (κ2) is 10.4. The number of benzene rings is 2. The normalized spacial score (nSPS) is 19.2. The molecule has 0 amide bonds. The van der Waals surface area contributed by atoms with Crippen LogP contribution in [0.4, 0.5) is 11.4 Å². The second-order valence-electron chi connectivity index (χ2n) is 7.99. The summed E-state index contributed by atoms with van der Waals surface area (Å²) < 4.78 is 11.1. The minimum Gasteiger partial charge on any atom is -0.497 e. The topological polar surface area (TPSA) is 86.6 Å². The Bertz CT molecular complexity index is 951. The van der Waals surface area contributed by atoms with Gasteiger partial charge in [-0.25, -0.2) is 4.79 Å². The Kier molecular flexibility index (Phi) is 7.11. The minimum absolute atomic E-state index is 0.148. The molecule has 8 heteroatoms. The van der Waals surface area contributed by atoms with Gasteiger partial charge in [-0.05, 0) is 43.2 Å². The van der Waals surface area contributed by atoms with Crippen molar-refractivity contribution >= 4 is 23.3 Å². The number of hydrogen-bond acceptors (Lipinski definition) is 5. The molecule has 1 atom stereocenters. The first-order chi connectivity index (χ1) is 15.6. The van der Waals surface area contributed by atoms with Crippen LogP contribution < -0.4 is 15.0 Å². The molecule has 2 aromatic rings. The van der Waals surface area contributed by atoms with E-state index in [1.165, 1.54) is 0 Å². The van der Waals surface area contributed by atoms with Gasteiger partial charge >= 0.3 is 5.97 Å². The Morgan fingerprint density at radius 3 is 2.72 bits per heavy atom. The van der Waals surface area contributed by atoms with E-state index in [-0.39, 0.29) is 11.7 Å². The molecule has 8 nitrogen and oxygen atoms in total. The van der Waals surface area contributed by atoms with Gasteiger partial charge in [0, 0.05) is 50.2 Å². The maximum Gasteiger partial charge on any atom is 0.335 e. The molecule has 0 radical (unpaired) electrons. The van der Waals surface area contributed by atoms with Crippen LogP contribution in [0.25, 0.3) is 0 Å². The lowest BCUT2D eigenvalue weighted by molar-refractivity contribution is 0.0697. The standard InChI is InChI=1S/C24H30N4O4/c1-31-21-8-3-7-20(16-21)27-10-12-28(13-11-27)24(25-17-22-9-4-14-32-22)26-19-6-2-5-18(15-19)23(29)30/h2-3,5-8,15-16,22H,4,9-14,17H2,1H3,(H,25,26)(H,29,30). The Morgan fingerprint density at radius 2 is 2.00 bits per heavy atom. The van der Waals surface area contributed by atoms with Crippen molar-refractivity contribution < 1.29 is 19.4 Å². The molecule has 2 aromatic carbocycles. The number of nitrogens with zero attached hydrogens (tertiary/aromatic N) is 3. The maximum atomic E-state index is 11.4. The number of aromatic carboxylic acids is 1. The van der Waals surface area contributed by atoms with Crippen LogP contribution in [0.2, 0.25) is 0 Å². The Balaban J connectivity index is 1.46. The highest BCUT2D eigenvalue weighted by Gasteiger charge is 2.22. The molecule has 0 saturated carbocycles. The molecular formula is C24H30N4O4. The molecule has 0 bridgehead atoms. The van der Waals surface area contributed by atoms with Crippen LogP contribution >= 0.6 is 0 Å². The number of rotatable bonds is 6. The highest BCUT2D eigenvalue weighted by atomic mass is 16.5. The molecule has 2 heterocycles. The van der Waals surface area contributed by atoms with Crippen molar-refractivity contribution in [1.29, 1.82) is 0 Å². The third-order valence-corrected chi connectivity index (χ3v) is 5.83. The van der Waals surface area contributed by atoms with Crippen molar-refractivity contribution in [1.82, 2.24) is 4.90 Å². The van der Waals surface area contributed by atoms with Crippen molar-refractivity contribution in [2.24, 2.45) is 4.99 Å². The van der Waals surface area contributed by atoms with E-state index in [0.29, 0.717) is 12.2 Å². The monoisotopic (exact) mass is 438 g/mol. The zero-order chi connectivity index (χ0) is 22.3. The highest BCUT2D eigenvalue weighted by molar-refractivity contribution is 5.96. The number of methoxy groups -OCH3 is 1. The van der Waals surface area contributed by atoms with Gasteiger partial charge < -0.3 is 29.7 Å². The minimum atomic E-state index is -0.946. The van der Waals surface area contributed by atoms with Crippen LogP contribution in [-0.4, -0.2) is 74.5 Å². The van der Waals surface area contributed by atoms with E-state index in [2.05, 4.69) is 27.2 Å². The fourth-order valence-electron chi connectivity index (χ4n) is 4.04. The van der Waals surface area contributed by atoms with E-state index in [4.69, 9.17) is 14.5 Å². The molecular weight excluding hydrogens is 408 g/mol. The number of nitrogens with one attached hydrogen (secondary N) is 1. The van der Waals surface area contributed by atoms with Gasteiger partial charge in [0.1, 0.15) is 5.75 Å². The van der Waals surface area contributed by atoms with Crippen LogP contribution in [0.15, 0.2) is 53.5 Å². The van der Waals surface area contributed by atoms with E-state index in [1.54, 1.807) is 25.3 Å². The number of hydrogen-bond donors (Lipinski definition) is 2. The molecule has 0 aliphatic carbocycles. The number of carboxylic acids is 1. The summed E-state index contributed by atoms with van der Waals surface area (Å²) in [5.41, 5.74) is 2.10. The van der Waals surface area contributed by atoms with Gasteiger partial charge in [-0.1, -0.05) is 12.1 Å². The molecule has 1 unspecified atom stereocenters. The van der Waals surface area contributed by atoms with Crippen molar-refractivity contribution in [3.05, 3.63) is 54.1 Å². The lowest BCUT2D eigenvalue weighted by Crippen LogP contribution is -2.51. The van der Waals surface area contributed by atoms with Crippen LogP contribution in [0.3, 0.4) is 0 Å². The molecule has 0 aromatic heterocycles. The average molecular weight is 439 g/mol. The Labute approximate surface area is 188 Å². The largest absolute Gasteiger partial charge is 0.497 e. The van der Waals surface area contributed by atoms with Gasteiger partial charge in [0.05, 0.1) is 25.3 Å². The number of aliphatic imine (C=N–C) groups is 1. The number of carboxylic acid groups (broad SMARTS) is 1. The number of guanidine groups is 1. The van der Waals surface area contributed by atoms with E-state index in [0.717, 1.165) is 63.0 Å². The second-order valence-corrected chi connectivity index (χ2v) is 7.99. The summed E-state index contributed by atoms with van der Waals surface area (Å²) in [6.07, 6.45) is 2.24. The summed E-state index contributed by atoms with van der Waals surface area (Å²) in [6, 6.07) is 14.9. The van der Waals surface area contributed by atoms with Gasteiger partial charge in [-0.15, -0.1) is 0 Å². The Morgan fingerprint density at radius 1 is 1.19 bits per heavy atom. The van der Waals surface area contributed by atoms with Gasteiger partial charge in [-0.3, -0.25) is 4.99 Å². The zero-order valence-electron chi connectivity index (χ0n) is 18.4. The third-order valence-electron chi connectivity index (χ3n) is 5.83. The third kappa shape index (κ3) is 5.50. The quantitative estimate of drug-likeness (QED) is 0.529. The maximum absolute atomic E-state index is 11.4. The first-order valence-corrected chi connectivity index (χ1v) is 11.0. The van der Waals surface area contributed by atoms with Crippen LogP contribution in [0, 0.1) is 0 Å². The van der Waals surface area contributed by atoms with Gasteiger partial charge in [0.15, 0.2) is 5.96 Å². The smallest absolute Gasteiger partial charge is 0.335 e. The molecule has 2 aliphatic heterocycles. The SMILES string of the molecule is COc1cccc(N2CCN(C(=NCC3CCCO3)Nc3cccc(C(=O)O)c3)CC2)c1. The van der Waals surface area contributed by atoms with Crippen molar-refractivity contribution in [3.63, 3.8) is 0 Å². The summed E-state index contributed by atoms with van der Waals surface area (Å²) in [5, 5.41) is 12.7. The highest BCUT2D eigenvalue weighted by Crippen LogP contribution is 2.22. The van der Waals surface area contributed by atoms with Gasteiger partial charge in [0.2, 0.25) is 0 Å². The molecule has 2 N–H and O–H groups in total. The predicted molar refractivity (Wildman–Crippen MR) is 125 cm³/mol.